The molecule has 0 spiro atoms. The van der Waals surface area contributed by atoms with Crippen molar-refractivity contribution in [3.8, 4) is 0 Å². The Hall–Kier alpha value is -1.92. The molecule has 5 nitrogen and oxygen atoms in total. The molecule has 3 rings (SSSR count). The van der Waals surface area contributed by atoms with Crippen molar-refractivity contribution in [2.75, 3.05) is 18.4 Å². The fourth-order valence-electron chi connectivity index (χ4n) is 2.83. The van der Waals surface area contributed by atoms with Crippen LogP contribution in [-0.4, -0.2) is 34.8 Å². The zero-order valence-corrected chi connectivity index (χ0v) is 15.8. The number of amides is 2. The number of hydrogen-bond acceptors (Lipinski definition) is 3. The molecule has 1 aliphatic rings. The lowest BCUT2D eigenvalue weighted by Gasteiger charge is -2.32. The molecule has 0 bridgehead atoms. The summed E-state index contributed by atoms with van der Waals surface area (Å²) in [5, 5.41) is 3.41. The molecule has 25 heavy (non-hydrogen) atoms. The van der Waals surface area contributed by atoms with E-state index < -0.39 is 0 Å². The molecular weight excluding hydrogens is 406 g/mol. The van der Waals surface area contributed by atoms with Crippen LogP contribution in [0.1, 0.15) is 23.2 Å². The highest BCUT2D eigenvalue weighted by Crippen LogP contribution is 2.21. The minimum atomic E-state index is -0.240. The summed E-state index contributed by atoms with van der Waals surface area (Å²) in [6.45, 7) is 1.06. The number of benzene rings is 1. The normalized spacial score (nSPS) is 17.2. The van der Waals surface area contributed by atoms with Crippen molar-refractivity contribution in [1.82, 2.24) is 9.88 Å². The van der Waals surface area contributed by atoms with Gasteiger partial charge in [-0.05, 0) is 65.2 Å². The van der Waals surface area contributed by atoms with Crippen molar-refractivity contribution < 1.29 is 9.59 Å². The Kier molecular flexibility index (Phi) is 5.71. The number of carbonyl (C=O) groups excluding carboxylic acids is 2. The summed E-state index contributed by atoms with van der Waals surface area (Å²) >= 11 is 9.18. The lowest BCUT2D eigenvalue weighted by Crippen LogP contribution is -2.43. The number of rotatable bonds is 3. The zero-order valence-electron chi connectivity index (χ0n) is 13.4. The monoisotopic (exact) mass is 421 g/mol. The molecule has 0 radical (unpaired) electrons. The molecule has 2 amide bonds. The summed E-state index contributed by atoms with van der Waals surface area (Å²) in [6, 6.07) is 10.4. The number of nitrogens with zero attached hydrogens (tertiary/aromatic N) is 2. The third-order valence-corrected chi connectivity index (χ3v) is 4.87. The van der Waals surface area contributed by atoms with Gasteiger partial charge in [-0.1, -0.05) is 11.6 Å². The van der Waals surface area contributed by atoms with Crippen LogP contribution in [0, 0.1) is 5.92 Å². The molecule has 2 heterocycles. The Labute approximate surface area is 159 Å². The second-order valence-corrected chi connectivity index (χ2v) is 7.30. The molecule has 1 N–H and O–H groups in total. The highest BCUT2D eigenvalue weighted by atomic mass is 79.9. The fourth-order valence-corrected chi connectivity index (χ4v) is 3.19. The number of nitrogens with one attached hydrogen (secondary N) is 1. The van der Waals surface area contributed by atoms with Crippen molar-refractivity contribution >= 4 is 45.2 Å². The second kappa shape index (κ2) is 7.97. The predicted octanol–water partition coefficient (Wildman–Crippen LogP) is 3.99. The first-order chi connectivity index (χ1) is 12.0. The molecule has 1 aromatic carbocycles. The van der Waals surface area contributed by atoms with E-state index in [1.165, 1.54) is 0 Å². The number of carbonyl (C=O) groups is 2. The van der Waals surface area contributed by atoms with Crippen LogP contribution < -0.4 is 5.32 Å². The third kappa shape index (κ3) is 4.58. The van der Waals surface area contributed by atoms with Gasteiger partial charge >= 0.3 is 0 Å². The van der Waals surface area contributed by atoms with E-state index in [1.54, 1.807) is 41.4 Å². The highest BCUT2D eigenvalue weighted by molar-refractivity contribution is 9.10. The summed E-state index contributed by atoms with van der Waals surface area (Å²) in [4.78, 5) is 31.0. The maximum Gasteiger partial charge on any atom is 0.253 e. The molecule has 1 fully saturated rings. The zero-order chi connectivity index (χ0) is 17.8. The number of likely N-dealkylation sites (tertiary alicyclic amines) is 1. The predicted molar refractivity (Wildman–Crippen MR) is 101 cm³/mol. The van der Waals surface area contributed by atoms with Crippen LogP contribution in [-0.2, 0) is 4.79 Å². The Morgan fingerprint density at radius 2 is 1.96 bits per heavy atom. The van der Waals surface area contributed by atoms with E-state index in [9.17, 15) is 9.59 Å². The van der Waals surface area contributed by atoms with Crippen molar-refractivity contribution in [3.63, 3.8) is 0 Å². The van der Waals surface area contributed by atoms with E-state index in [1.807, 2.05) is 6.07 Å². The molecular formula is C18H17BrClN3O2. The molecule has 0 saturated carbocycles. The molecule has 1 aromatic heterocycles. The number of aromatic nitrogens is 1. The molecule has 7 heteroatoms. The SMILES string of the molecule is O=C(Nc1ccc(Br)cn1)[C@@H]1CCCN(C(=O)c2ccc(Cl)cc2)C1. The number of hydrogen-bond donors (Lipinski definition) is 1. The second-order valence-electron chi connectivity index (χ2n) is 5.95. The molecule has 0 unspecified atom stereocenters. The van der Waals surface area contributed by atoms with Crippen LogP contribution in [0.5, 0.6) is 0 Å². The van der Waals surface area contributed by atoms with Gasteiger partial charge < -0.3 is 10.2 Å². The van der Waals surface area contributed by atoms with E-state index in [0.29, 0.717) is 29.5 Å². The number of pyridine rings is 1. The van der Waals surface area contributed by atoms with Crippen molar-refractivity contribution in [3.05, 3.63) is 57.7 Å². The topological polar surface area (TPSA) is 62.3 Å². The van der Waals surface area contributed by atoms with E-state index >= 15 is 0 Å². The fraction of sp³-hybridized carbons (Fsp3) is 0.278. The first kappa shape index (κ1) is 17.9. The van der Waals surface area contributed by atoms with E-state index in [-0.39, 0.29) is 17.7 Å². The van der Waals surface area contributed by atoms with Crippen LogP contribution in [0.4, 0.5) is 5.82 Å². The van der Waals surface area contributed by atoms with E-state index in [4.69, 9.17) is 11.6 Å². The minimum Gasteiger partial charge on any atom is -0.338 e. The summed E-state index contributed by atoms with van der Waals surface area (Å²) in [5.74, 6) is 0.0872. The van der Waals surface area contributed by atoms with Gasteiger partial charge in [0.05, 0.1) is 5.92 Å². The van der Waals surface area contributed by atoms with E-state index in [0.717, 1.165) is 17.3 Å². The quantitative estimate of drug-likeness (QED) is 0.813. The van der Waals surface area contributed by atoms with Gasteiger partial charge in [-0.3, -0.25) is 9.59 Å². The van der Waals surface area contributed by atoms with Crippen LogP contribution >= 0.6 is 27.5 Å². The van der Waals surface area contributed by atoms with Gasteiger partial charge in [0.25, 0.3) is 5.91 Å². The Bertz CT molecular complexity index is 765. The number of anilines is 1. The third-order valence-electron chi connectivity index (χ3n) is 4.15. The van der Waals surface area contributed by atoms with Gasteiger partial charge in [0.1, 0.15) is 5.82 Å². The summed E-state index contributed by atoms with van der Waals surface area (Å²) in [6.07, 6.45) is 3.19. The number of piperidine rings is 1. The van der Waals surface area contributed by atoms with Crippen LogP contribution in [0.25, 0.3) is 0 Å². The molecule has 1 saturated heterocycles. The van der Waals surface area contributed by atoms with Gasteiger partial charge in [0, 0.05) is 34.3 Å². The van der Waals surface area contributed by atoms with Crippen molar-refractivity contribution in [2.24, 2.45) is 5.92 Å². The lowest BCUT2D eigenvalue weighted by atomic mass is 9.96. The highest BCUT2D eigenvalue weighted by Gasteiger charge is 2.29. The first-order valence-corrected chi connectivity index (χ1v) is 9.17. The minimum absolute atomic E-state index is 0.0732. The first-order valence-electron chi connectivity index (χ1n) is 8.00. The van der Waals surface area contributed by atoms with Gasteiger partial charge in [-0.25, -0.2) is 4.98 Å². The lowest BCUT2D eigenvalue weighted by molar-refractivity contribution is -0.121. The molecule has 130 valence electrons. The Balaban J connectivity index is 1.63. The summed E-state index contributed by atoms with van der Waals surface area (Å²) in [7, 11) is 0. The Morgan fingerprint density at radius 1 is 1.20 bits per heavy atom. The summed E-state index contributed by atoms with van der Waals surface area (Å²) < 4.78 is 0.850. The van der Waals surface area contributed by atoms with Gasteiger partial charge in [0.2, 0.25) is 5.91 Å². The maximum atomic E-state index is 12.6. The smallest absolute Gasteiger partial charge is 0.253 e. The largest absolute Gasteiger partial charge is 0.338 e. The average molecular weight is 423 g/mol. The molecule has 1 atom stereocenters. The Morgan fingerprint density at radius 3 is 2.64 bits per heavy atom. The standard InChI is InChI=1S/C18H17BrClN3O2/c19-14-5-8-16(21-10-14)22-17(24)13-2-1-9-23(11-13)18(25)12-3-6-15(20)7-4-12/h3-8,10,13H,1-2,9,11H2,(H,21,22,24)/t13-/m1/s1. The van der Waals surface area contributed by atoms with Crippen LogP contribution in [0.3, 0.4) is 0 Å². The molecule has 2 aromatic rings. The molecule has 1 aliphatic heterocycles. The van der Waals surface area contributed by atoms with Gasteiger partial charge in [-0.2, -0.15) is 0 Å². The number of halogens is 2. The van der Waals surface area contributed by atoms with Crippen LogP contribution in [0.15, 0.2) is 47.1 Å². The van der Waals surface area contributed by atoms with Gasteiger partial charge in [0.15, 0.2) is 0 Å². The van der Waals surface area contributed by atoms with Gasteiger partial charge in [-0.15, -0.1) is 0 Å². The van der Waals surface area contributed by atoms with Crippen molar-refractivity contribution in [1.29, 1.82) is 0 Å². The average Bonchev–Trinajstić information content (AvgIpc) is 2.64. The van der Waals surface area contributed by atoms with Crippen molar-refractivity contribution in [2.45, 2.75) is 12.8 Å². The molecule has 0 aliphatic carbocycles. The maximum absolute atomic E-state index is 12.6. The summed E-state index contributed by atoms with van der Waals surface area (Å²) in [5.41, 5.74) is 0.583. The van der Waals surface area contributed by atoms with Crippen LogP contribution in [0.2, 0.25) is 5.02 Å². The van der Waals surface area contributed by atoms with E-state index in [2.05, 4.69) is 26.2 Å².